The highest BCUT2D eigenvalue weighted by Gasteiger charge is 2.25. The molecule has 7 nitrogen and oxygen atoms in total. The minimum absolute atomic E-state index is 0.234. The van der Waals surface area contributed by atoms with Gasteiger partial charge in [-0.25, -0.2) is 17.9 Å². The Balaban J connectivity index is 1.95. The Morgan fingerprint density at radius 2 is 1.93 bits per heavy atom. The van der Waals surface area contributed by atoms with E-state index in [0.717, 1.165) is 23.2 Å². The molecule has 8 heteroatoms. The fraction of sp³-hybridized carbons (Fsp3) is 0.550. The molecule has 2 rings (SSSR count). The van der Waals surface area contributed by atoms with Crippen LogP contribution in [0.3, 0.4) is 0 Å². The molecule has 0 heterocycles. The van der Waals surface area contributed by atoms with Crippen molar-refractivity contribution in [3.8, 4) is 0 Å². The van der Waals surface area contributed by atoms with Crippen LogP contribution in [0.5, 0.6) is 0 Å². The number of amides is 1. The summed E-state index contributed by atoms with van der Waals surface area (Å²) in [6.07, 6.45) is 3.26. The molecule has 0 saturated heterocycles. The third-order valence-corrected chi connectivity index (χ3v) is 5.78. The van der Waals surface area contributed by atoms with Crippen molar-refractivity contribution in [1.29, 1.82) is 0 Å². The average molecular weight is 410 g/mol. The van der Waals surface area contributed by atoms with Crippen LogP contribution in [0, 0.1) is 0 Å². The van der Waals surface area contributed by atoms with Crippen LogP contribution in [0.15, 0.2) is 24.3 Å². The Kier molecular flexibility index (Phi) is 7.11. The van der Waals surface area contributed by atoms with Gasteiger partial charge < -0.3 is 15.0 Å². The van der Waals surface area contributed by atoms with Crippen molar-refractivity contribution in [3.63, 3.8) is 0 Å². The van der Waals surface area contributed by atoms with E-state index in [1.807, 2.05) is 37.2 Å². The average Bonchev–Trinajstić information content (AvgIpc) is 2.58. The number of anilines is 1. The van der Waals surface area contributed by atoms with Gasteiger partial charge in [-0.1, -0.05) is 18.2 Å². The van der Waals surface area contributed by atoms with Gasteiger partial charge in [0, 0.05) is 32.9 Å². The Bertz CT molecular complexity index is 839. The lowest BCUT2D eigenvalue weighted by atomic mass is 9.95. The zero-order chi connectivity index (χ0) is 20.9. The highest BCUT2D eigenvalue weighted by molar-refractivity contribution is 7.98. The summed E-state index contributed by atoms with van der Waals surface area (Å²) in [6, 6.07) is 5.74. The molecule has 1 aromatic carbocycles. The van der Waals surface area contributed by atoms with E-state index >= 15 is 0 Å². The molecule has 0 radical (unpaired) electrons. The zero-order valence-electron chi connectivity index (χ0n) is 17.3. The number of carbonyl (C=O) groups is 1. The molecule has 1 aliphatic carbocycles. The first-order chi connectivity index (χ1) is 13.0. The first-order valence-corrected chi connectivity index (χ1v) is 11.0. The number of benzene rings is 1. The van der Waals surface area contributed by atoms with Gasteiger partial charge in [-0.2, -0.15) is 0 Å². The van der Waals surface area contributed by atoms with Crippen LogP contribution in [0.4, 0.5) is 10.5 Å². The number of carbonyl (C=O) groups excluding carboxylic acids is 1. The number of hydrogen-bond acceptors (Lipinski definition) is 5. The minimum Gasteiger partial charge on any atom is -0.444 e. The first-order valence-electron chi connectivity index (χ1n) is 9.47. The van der Waals surface area contributed by atoms with E-state index < -0.39 is 21.7 Å². The quantitative estimate of drug-likeness (QED) is 0.676. The molecule has 0 aliphatic heterocycles. The predicted octanol–water partition coefficient (Wildman–Crippen LogP) is 2.87. The SMILES string of the molecule is CN(C)c1cccc2c1CCC=C2S(=O)(=O)NCCCNC(=O)OC(C)(C)C. The molecule has 0 unspecified atom stereocenters. The standard InChI is InChI=1S/C20H31N3O4S/c1-20(2,3)27-19(24)21-13-8-14-22-28(25,26)18-12-7-9-15-16(18)10-6-11-17(15)23(4)5/h6,10-12,22H,7-9,13-14H2,1-5H3,(H,21,24). The normalized spacial score (nSPS) is 14.1. The molecule has 0 bridgehead atoms. The maximum absolute atomic E-state index is 12.8. The topological polar surface area (TPSA) is 87.7 Å². The van der Waals surface area contributed by atoms with Crippen molar-refractivity contribution >= 4 is 26.7 Å². The van der Waals surface area contributed by atoms with E-state index in [4.69, 9.17) is 4.74 Å². The molecular weight excluding hydrogens is 378 g/mol. The van der Waals surface area contributed by atoms with E-state index in [9.17, 15) is 13.2 Å². The summed E-state index contributed by atoms with van der Waals surface area (Å²) in [7, 11) is 0.293. The number of sulfonamides is 1. The lowest BCUT2D eigenvalue weighted by Gasteiger charge is -2.24. The Morgan fingerprint density at radius 3 is 2.57 bits per heavy atom. The summed E-state index contributed by atoms with van der Waals surface area (Å²) in [5, 5.41) is 2.62. The van der Waals surface area contributed by atoms with E-state index in [2.05, 4.69) is 10.0 Å². The molecule has 0 spiro atoms. The summed E-state index contributed by atoms with van der Waals surface area (Å²) >= 11 is 0. The number of allylic oxidation sites excluding steroid dienone is 1. The van der Waals surface area contributed by atoms with Gasteiger partial charge in [0.1, 0.15) is 5.60 Å². The largest absolute Gasteiger partial charge is 0.444 e. The number of ether oxygens (including phenoxy) is 1. The second-order valence-electron chi connectivity index (χ2n) is 7.98. The van der Waals surface area contributed by atoms with Gasteiger partial charge in [0.2, 0.25) is 10.0 Å². The molecule has 0 aromatic heterocycles. The smallest absolute Gasteiger partial charge is 0.407 e. The molecule has 0 fully saturated rings. The Labute approximate surface area is 168 Å². The predicted molar refractivity (Wildman–Crippen MR) is 113 cm³/mol. The maximum atomic E-state index is 12.8. The molecule has 28 heavy (non-hydrogen) atoms. The van der Waals surface area contributed by atoms with Crippen molar-refractivity contribution in [1.82, 2.24) is 10.0 Å². The summed E-state index contributed by atoms with van der Waals surface area (Å²) in [6.45, 7) is 5.94. The fourth-order valence-electron chi connectivity index (χ4n) is 3.08. The molecule has 2 N–H and O–H groups in total. The van der Waals surface area contributed by atoms with Gasteiger partial charge in [0.05, 0.1) is 4.91 Å². The van der Waals surface area contributed by atoms with Crippen LogP contribution in [-0.2, 0) is 21.2 Å². The van der Waals surface area contributed by atoms with Gasteiger partial charge >= 0.3 is 6.09 Å². The fourth-order valence-corrected chi connectivity index (χ4v) is 4.46. The van der Waals surface area contributed by atoms with Crippen LogP contribution in [-0.4, -0.2) is 47.3 Å². The molecule has 1 amide bonds. The Hall–Kier alpha value is -2.06. The summed E-state index contributed by atoms with van der Waals surface area (Å²) in [5.41, 5.74) is 2.30. The van der Waals surface area contributed by atoms with E-state index in [1.165, 1.54) is 0 Å². The number of hydrogen-bond donors (Lipinski definition) is 2. The highest BCUT2D eigenvalue weighted by atomic mass is 32.2. The number of nitrogens with one attached hydrogen (secondary N) is 2. The van der Waals surface area contributed by atoms with Crippen LogP contribution >= 0.6 is 0 Å². The van der Waals surface area contributed by atoms with E-state index in [1.54, 1.807) is 26.8 Å². The van der Waals surface area contributed by atoms with Crippen LogP contribution < -0.4 is 14.9 Å². The van der Waals surface area contributed by atoms with Gasteiger partial charge in [0.25, 0.3) is 0 Å². The van der Waals surface area contributed by atoms with Crippen molar-refractivity contribution in [2.45, 2.75) is 45.6 Å². The van der Waals surface area contributed by atoms with Crippen molar-refractivity contribution in [2.75, 3.05) is 32.1 Å². The molecule has 1 aliphatic rings. The number of fused-ring (bicyclic) bond motifs is 1. The van der Waals surface area contributed by atoms with Crippen LogP contribution in [0.1, 0.15) is 44.7 Å². The first kappa shape index (κ1) is 22.2. The van der Waals surface area contributed by atoms with E-state index in [0.29, 0.717) is 24.3 Å². The van der Waals surface area contributed by atoms with Crippen LogP contribution in [0.25, 0.3) is 4.91 Å². The number of rotatable bonds is 7. The monoisotopic (exact) mass is 409 g/mol. The summed E-state index contributed by atoms with van der Waals surface area (Å²) in [4.78, 5) is 13.9. The highest BCUT2D eigenvalue weighted by Crippen LogP contribution is 2.35. The van der Waals surface area contributed by atoms with Gasteiger partial charge in [0.15, 0.2) is 0 Å². The zero-order valence-corrected chi connectivity index (χ0v) is 18.1. The summed E-state index contributed by atoms with van der Waals surface area (Å²) in [5.74, 6) is 0. The van der Waals surface area contributed by atoms with Crippen molar-refractivity contribution in [3.05, 3.63) is 35.4 Å². The van der Waals surface area contributed by atoms with E-state index in [-0.39, 0.29) is 6.54 Å². The molecule has 0 saturated carbocycles. The molecule has 0 atom stereocenters. The van der Waals surface area contributed by atoms with Crippen molar-refractivity contribution < 1.29 is 17.9 Å². The van der Waals surface area contributed by atoms with Gasteiger partial charge in [-0.15, -0.1) is 0 Å². The molecule has 1 aromatic rings. The lowest BCUT2D eigenvalue weighted by molar-refractivity contribution is 0.0527. The third-order valence-electron chi connectivity index (χ3n) is 4.23. The van der Waals surface area contributed by atoms with Crippen molar-refractivity contribution in [2.24, 2.45) is 0 Å². The number of nitrogens with zero attached hydrogens (tertiary/aromatic N) is 1. The Morgan fingerprint density at radius 1 is 1.21 bits per heavy atom. The molecule has 156 valence electrons. The van der Waals surface area contributed by atoms with Crippen LogP contribution in [0.2, 0.25) is 0 Å². The third kappa shape index (κ3) is 5.97. The van der Waals surface area contributed by atoms with Gasteiger partial charge in [-0.05, 0) is 57.2 Å². The second-order valence-corrected chi connectivity index (χ2v) is 9.72. The number of alkyl carbamates (subject to hydrolysis) is 1. The maximum Gasteiger partial charge on any atom is 0.407 e. The minimum atomic E-state index is -3.62. The summed E-state index contributed by atoms with van der Waals surface area (Å²) < 4.78 is 33.4. The lowest BCUT2D eigenvalue weighted by Crippen LogP contribution is -2.34. The van der Waals surface area contributed by atoms with Gasteiger partial charge in [-0.3, -0.25) is 0 Å². The second kappa shape index (κ2) is 8.96. The molecular formula is C20H31N3O4S.